The zero-order valence-corrected chi connectivity index (χ0v) is 13.3. The van der Waals surface area contributed by atoms with Crippen molar-refractivity contribution in [2.45, 2.75) is 12.0 Å². The van der Waals surface area contributed by atoms with Gasteiger partial charge in [0.15, 0.2) is 6.10 Å². The Morgan fingerprint density at radius 2 is 1.28 bits per heavy atom. The number of benzene rings is 3. The van der Waals surface area contributed by atoms with Crippen LogP contribution >= 0.6 is 0 Å². The van der Waals surface area contributed by atoms with Crippen molar-refractivity contribution in [1.29, 1.82) is 0 Å². The molecule has 1 N–H and O–H groups in total. The number of carbonyl (C=O) groups is 1. The first-order valence-corrected chi connectivity index (χ1v) is 8.23. The third-order valence-electron chi connectivity index (χ3n) is 4.69. The molecule has 2 aliphatic rings. The normalized spacial score (nSPS) is 18.1. The van der Waals surface area contributed by atoms with Crippen LogP contribution in [-0.2, 0) is 4.79 Å². The fourth-order valence-electron chi connectivity index (χ4n) is 3.56. The molecule has 0 saturated heterocycles. The summed E-state index contributed by atoms with van der Waals surface area (Å²) in [5.41, 5.74) is 2.62. The van der Waals surface area contributed by atoms with Gasteiger partial charge in [0.05, 0.1) is 11.6 Å². The van der Waals surface area contributed by atoms with Crippen molar-refractivity contribution in [2.75, 3.05) is 5.32 Å². The van der Waals surface area contributed by atoms with Crippen LogP contribution in [0, 0.1) is 0 Å². The molecule has 0 fully saturated rings. The lowest BCUT2D eigenvalue weighted by Gasteiger charge is -2.35. The number of nitrogens with one attached hydrogen (secondary N) is 1. The van der Waals surface area contributed by atoms with Crippen molar-refractivity contribution in [3.8, 4) is 17.2 Å². The summed E-state index contributed by atoms with van der Waals surface area (Å²) < 4.78 is 12.1. The van der Waals surface area contributed by atoms with Gasteiger partial charge in [-0.25, -0.2) is 0 Å². The fraction of sp³-hybridized carbons (Fsp3) is 0.0952. The Balaban J connectivity index is 1.66. The van der Waals surface area contributed by atoms with Gasteiger partial charge in [0.25, 0.3) is 5.91 Å². The Bertz CT molecular complexity index is 937. The summed E-state index contributed by atoms with van der Waals surface area (Å²) >= 11 is 0. The highest BCUT2D eigenvalue weighted by atomic mass is 16.5. The van der Waals surface area contributed by atoms with Gasteiger partial charge in [-0.2, -0.15) is 0 Å². The molecule has 2 heterocycles. The standard InChI is InChI=1S/C21H15NO3/c23-21-20(25-18-12-6-3-9-15(18)22-21)19-13-7-1-4-10-16(13)24-17-11-5-2-8-14(17)19/h1-12,19-20H,(H,22,23). The van der Waals surface area contributed by atoms with Gasteiger partial charge < -0.3 is 14.8 Å². The molecule has 1 unspecified atom stereocenters. The second-order valence-electron chi connectivity index (χ2n) is 6.18. The SMILES string of the molecule is O=C1Nc2ccccc2OC1C1c2ccccc2Oc2ccccc21. The number of para-hydroxylation sites is 4. The van der Waals surface area contributed by atoms with Gasteiger partial charge >= 0.3 is 0 Å². The van der Waals surface area contributed by atoms with Crippen LogP contribution in [0.25, 0.3) is 0 Å². The van der Waals surface area contributed by atoms with Crippen LogP contribution < -0.4 is 14.8 Å². The van der Waals surface area contributed by atoms with E-state index >= 15 is 0 Å². The van der Waals surface area contributed by atoms with Crippen molar-refractivity contribution in [1.82, 2.24) is 0 Å². The predicted molar refractivity (Wildman–Crippen MR) is 94.3 cm³/mol. The second kappa shape index (κ2) is 5.38. The van der Waals surface area contributed by atoms with Crippen molar-refractivity contribution >= 4 is 11.6 Å². The molecular formula is C21H15NO3. The predicted octanol–water partition coefficient (Wildman–Crippen LogP) is 4.32. The van der Waals surface area contributed by atoms with E-state index in [4.69, 9.17) is 9.47 Å². The third-order valence-corrected chi connectivity index (χ3v) is 4.69. The lowest BCUT2D eigenvalue weighted by molar-refractivity contribution is -0.124. The molecule has 2 aliphatic heterocycles. The molecule has 3 aromatic rings. The molecule has 0 aromatic heterocycles. The zero-order valence-electron chi connectivity index (χ0n) is 13.3. The first-order chi connectivity index (χ1) is 12.3. The minimum atomic E-state index is -0.652. The first kappa shape index (κ1) is 14.1. The highest BCUT2D eigenvalue weighted by Gasteiger charge is 2.41. The van der Waals surface area contributed by atoms with E-state index < -0.39 is 6.10 Å². The number of fused-ring (bicyclic) bond motifs is 3. The van der Waals surface area contributed by atoms with E-state index in [1.165, 1.54) is 0 Å². The quantitative estimate of drug-likeness (QED) is 0.723. The highest BCUT2D eigenvalue weighted by Crippen LogP contribution is 2.47. The largest absolute Gasteiger partial charge is 0.477 e. The number of anilines is 1. The molecule has 1 atom stereocenters. The van der Waals surface area contributed by atoms with Crippen molar-refractivity contribution in [2.24, 2.45) is 0 Å². The van der Waals surface area contributed by atoms with Crippen LogP contribution in [0.4, 0.5) is 5.69 Å². The number of hydrogen-bond acceptors (Lipinski definition) is 3. The Morgan fingerprint density at radius 3 is 1.96 bits per heavy atom. The van der Waals surface area contributed by atoms with E-state index in [0.29, 0.717) is 11.4 Å². The summed E-state index contributed by atoms with van der Waals surface area (Å²) in [7, 11) is 0. The molecule has 1 amide bonds. The number of rotatable bonds is 1. The summed E-state index contributed by atoms with van der Waals surface area (Å²) in [4.78, 5) is 12.8. The van der Waals surface area contributed by atoms with Crippen LogP contribution in [0.5, 0.6) is 17.2 Å². The van der Waals surface area contributed by atoms with Crippen LogP contribution in [0.1, 0.15) is 17.0 Å². The average Bonchev–Trinajstić information content (AvgIpc) is 2.66. The molecule has 122 valence electrons. The van der Waals surface area contributed by atoms with Gasteiger partial charge in [-0.05, 0) is 24.3 Å². The van der Waals surface area contributed by atoms with E-state index in [0.717, 1.165) is 22.6 Å². The molecule has 0 radical (unpaired) electrons. The maximum Gasteiger partial charge on any atom is 0.266 e. The summed E-state index contributed by atoms with van der Waals surface area (Å²) in [6.45, 7) is 0. The molecular weight excluding hydrogens is 314 g/mol. The Labute approximate surface area is 145 Å². The molecule has 0 spiro atoms. The average molecular weight is 329 g/mol. The van der Waals surface area contributed by atoms with Gasteiger partial charge in [0.2, 0.25) is 0 Å². The zero-order chi connectivity index (χ0) is 16.8. The van der Waals surface area contributed by atoms with E-state index in [9.17, 15) is 4.79 Å². The molecule has 25 heavy (non-hydrogen) atoms. The Hall–Kier alpha value is -3.27. The minimum absolute atomic E-state index is 0.143. The lowest BCUT2D eigenvalue weighted by Crippen LogP contribution is -2.42. The van der Waals surface area contributed by atoms with Gasteiger partial charge in [-0.15, -0.1) is 0 Å². The van der Waals surface area contributed by atoms with E-state index in [1.807, 2.05) is 72.8 Å². The molecule has 5 rings (SSSR count). The summed E-state index contributed by atoms with van der Waals surface area (Å²) in [6.07, 6.45) is -0.652. The van der Waals surface area contributed by atoms with Gasteiger partial charge in [0.1, 0.15) is 17.2 Å². The number of carbonyl (C=O) groups excluding carboxylic acids is 1. The van der Waals surface area contributed by atoms with Crippen LogP contribution in [0.2, 0.25) is 0 Å². The first-order valence-electron chi connectivity index (χ1n) is 8.23. The number of hydrogen-bond donors (Lipinski definition) is 1. The van der Waals surface area contributed by atoms with Crippen LogP contribution in [0.3, 0.4) is 0 Å². The smallest absolute Gasteiger partial charge is 0.266 e. The monoisotopic (exact) mass is 329 g/mol. The third kappa shape index (κ3) is 2.18. The van der Waals surface area contributed by atoms with Crippen molar-refractivity contribution in [3.63, 3.8) is 0 Å². The van der Waals surface area contributed by atoms with Crippen LogP contribution in [-0.4, -0.2) is 12.0 Å². The topological polar surface area (TPSA) is 47.6 Å². The van der Waals surface area contributed by atoms with Gasteiger partial charge in [0, 0.05) is 11.1 Å². The maximum absolute atomic E-state index is 12.8. The molecule has 4 nitrogen and oxygen atoms in total. The van der Waals surface area contributed by atoms with Crippen LogP contribution in [0.15, 0.2) is 72.8 Å². The molecule has 0 saturated carbocycles. The molecule has 4 heteroatoms. The fourth-order valence-corrected chi connectivity index (χ4v) is 3.56. The number of ether oxygens (including phenoxy) is 2. The Morgan fingerprint density at radius 1 is 0.720 bits per heavy atom. The van der Waals surface area contributed by atoms with Gasteiger partial charge in [-0.1, -0.05) is 48.5 Å². The van der Waals surface area contributed by atoms with E-state index in [-0.39, 0.29) is 11.8 Å². The summed E-state index contributed by atoms with van der Waals surface area (Å²) in [6, 6.07) is 23.1. The second-order valence-corrected chi connectivity index (χ2v) is 6.18. The Kier molecular flexibility index (Phi) is 3.04. The molecule has 0 aliphatic carbocycles. The highest BCUT2D eigenvalue weighted by molar-refractivity contribution is 5.99. The van der Waals surface area contributed by atoms with Gasteiger partial charge in [-0.3, -0.25) is 4.79 Å². The van der Waals surface area contributed by atoms with Crippen molar-refractivity contribution in [3.05, 3.63) is 83.9 Å². The van der Waals surface area contributed by atoms with E-state index in [1.54, 1.807) is 0 Å². The summed E-state index contributed by atoms with van der Waals surface area (Å²) in [5.74, 6) is 1.85. The van der Waals surface area contributed by atoms with E-state index in [2.05, 4.69) is 5.32 Å². The summed E-state index contributed by atoms with van der Waals surface area (Å²) in [5, 5.41) is 2.96. The van der Waals surface area contributed by atoms with Crippen molar-refractivity contribution < 1.29 is 14.3 Å². The molecule has 0 bridgehead atoms. The lowest BCUT2D eigenvalue weighted by atomic mass is 9.83. The minimum Gasteiger partial charge on any atom is -0.477 e. The molecule has 3 aromatic carbocycles. The maximum atomic E-state index is 12.8. The number of amides is 1.